The maximum absolute atomic E-state index is 12.2. The first-order valence-corrected chi connectivity index (χ1v) is 7.86. The Morgan fingerprint density at radius 3 is 2.91 bits per heavy atom. The van der Waals surface area contributed by atoms with Gasteiger partial charge in [0.05, 0.1) is 5.69 Å². The largest absolute Gasteiger partial charge is 0.444 e. The highest BCUT2D eigenvalue weighted by atomic mass is 16.6. The van der Waals surface area contributed by atoms with Gasteiger partial charge in [0.2, 0.25) is 0 Å². The molecule has 22 heavy (non-hydrogen) atoms. The Bertz CT molecular complexity index is 487. The summed E-state index contributed by atoms with van der Waals surface area (Å²) in [6.45, 7) is 9.23. The quantitative estimate of drug-likeness (QED) is 0.926. The number of rotatable bonds is 4. The molecule has 1 aromatic rings. The average molecular weight is 306 g/mol. The first-order valence-electron chi connectivity index (χ1n) is 7.86. The summed E-state index contributed by atoms with van der Waals surface area (Å²) in [5, 5.41) is 3.44. The number of amides is 1. The van der Waals surface area contributed by atoms with E-state index in [2.05, 4.69) is 22.2 Å². The van der Waals surface area contributed by atoms with Crippen LogP contribution < -0.4 is 5.32 Å². The number of hydrogen-bond donors (Lipinski definition) is 1. The second-order valence-electron chi connectivity index (χ2n) is 6.73. The molecule has 0 unspecified atom stereocenters. The maximum atomic E-state index is 12.2. The Morgan fingerprint density at radius 2 is 2.27 bits per heavy atom. The molecule has 122 valence electrons. The molecule has 0 aromatic carbocycles. The smallest absolute Gasteiger partial charge is 0.410 e. The third-order valence-electron chi connectivity index (χ3n) is 3.69. The zero-order valence-corrected chi connectivity index (χ0v) is 13.9. The molecule has 2 rings (SSSR count). The van der Waals surface area contributed by atoms with Crippen LogP contribution in [-0.2, 0) is 4.74 Å². The van der Waals surface area contributed by atoms with Crippen LogP contribution in [0.2, 0.25) is 0 Å². The van der Waals surface area contributed by atoms with Gasteiger partial charge in [-0.05, 0) is 40.5 Å². The second-order valence-corrected chi connectivity index (χ2v) is 6.73. The lowest BCUT2D eigenvalue weighted by atomic mass is 10.2. The molecule has 1 N–H and O–H groups in total. The van der Waals surface area contributed by atoms with Crippen LogP contribution >= 0.6 is 0 Å². The minimum Gasteiger partial charge on any atom is -0.444 e. The van der Waals surface area contributed by atoms with E-state index >= 15 is 0 Å². The summed E-state index contributed by atoms with van der Waals surface area (Å²) in [6, 6.07) is 0.281. The fourth-order valence-electron chi connectivity index (χ4n) is 2.56. The van der Waals surface area contributed by atoms with Gasteiger partial charge in [-0.2, -0.15) is 0 Å². The van der Waals surface area contributed by atoms with Gasteiger partial charge >= 0.3 is 6.09 Å². The number of likely N-dealkylation sites (tertiary alicyclic amines) is 1. The summed E-state index contributed by atoms with van der Waals surface area (Å²) in [7, 11) is 0. The normalized spacial score (nSPS) is 20.0. The molecule has 6 heteroatoms. The summed E-state index contributed by atoms with van der Waals surface area (Å²) >= 11 is 0. The Kier molecular flexibility index (Phi) is 5.34. The van der Waals surface area contributed by atoms with E-state index in [-0.39, 0.29) is 18.2 Å². The van der Waals surface area contributed by atoms with Crippen LogP contribution in [-0.4, -0.2) is 45.7 Å². The van der Waals surface area contributed by atoms with Gasteiger partial charge in [-0.3, -0.25) is 9.97 Å². The highest BCUT2D eigenvalue weighted by Crippen LogP contribution is 2.21. The van der Waals surface area contributed by atoms with Crippen LogP contribution in [0.4, 0.5) is 4.79 Å². The third-order valence-corrected chi connectivity index (χ3v) is 3.69. The number of nitrogens with zero attached hydrogens (tertiary/aromatic N) is 3. The van der Waals surface area contributed by atoms with Crippen LogP contribution in [0.5, 0.6) is 0 Å². The van der Waals surface area contributed by atoms with E-state index in [0.717, 1.165) is 31.6 Å². The zero-order chi connectivity index (χ0) is 16.2. The van der Waals surface area contributed by atoms with E-state index in [1.165, 1.54) is 0 Å². The molecular weight excluding hydrogens is 280 g/mol. The Balaban J connectivity index is 1.87. The van der Waals surface area contributed by atoms with Gasteiger partial charge in [0.15, 0.2) is 0 Å². The second kappa shape index (κ2) is 7.05. The van der Waals surface area contributed by atoms with Gasteiger partial charge in [-0.25, -0.2) is 4.79 Å². The predicted molar refractivity (Wildman–Crippen MR) is 84.4 cm³/mol. The lowest BCUT2D eigenvalue weighted by Gasteiger charge is -2.29. The number of hydrogen-bond acceptors (Lipinski definition) is 5. The van der Waals surface area contributed by atoms with Crippen molar-refractivity contribution < 1.29 is 9.53 Å². The molecule has 1 aliphatic rings. The standard InChI is InChI=1S/C16H26N4O2/c1-12(14-11-17-7-8-18-14)19-10-13-6-5-9-20(13)15(21)22-16(2,3)4/h7-8,11-13,19H,5-6,9-10H2,1-4H3/t12-,13-/m0/s1. The summed E-state index contributed by atoms with van der Waals surface area (Å²) < 4.78 is 5.48. The summed E-state index contributed by atoms with van der Waals surface area (Å²) in [4.78, 5) is 22.5. The lowest BCUT2D eigenvalue weighted by Crippen LogP contribution is -2.44. The highest BCUT2D eigenvalue weighted by molar-refractivity contribution is 5.69. The molecule has 0 bridgehead atoms. The van der Waals surface area contributed by atoms with Crippen molar-refractivity contribution in [2.24, 2.45) is 0 Å². The molecule has 1 saturated heterocycles. The molecule has 1 fully saturated rings. The monoisotopic (exact) mass is 306 g/mol. The SMILES string of the molecule is C[C@H](NC[C@@H]1CCCN1C(=O)OC(C)(C)C)c1cnccn1. The van der Waals surface area contributed by atoms with Gasteiger partial charge in [0.1, 0.15) is 5.60 Å². The van der Waals surface area contributed by atoms with Crippen LogP contribution in [0.3, 0.4) is 0 Å². The molecule has 6 nitrogen and oxygen atoms in total. The van der Waals surface area contributed by atoms with Crippen molar-refractivity contribution in [3.63, 3.8) is 0 Å². The van der Waals surface area contributed by atoms with Gasteiger partial charge in [-0.1, -0.05) is 0 Å². The van der Waals surface area contributed by atoms with E-state index < -0.39 is 5.60 Å². The summed E-state index contributed by atoms with van der Waals surface area (Å²) in [6.07, 6.45) is 6.92. The molecule has 0 aliphatic carbocycles. The molecular formula is C16H26N4O2. The minimum absolute atomic E-state index is 0.106. The third kappa shape index (κ3) is 4.66. The first-order chi connectivity index (χ1) is 10.4. The fourth-order valence-corrected chi connectivity index (χ4v) is 2.56. The van der Waals surface area contributed by atoms with Crippen molar-refractivity contribution in [2.45, 2.75) is 58.2 Å². The molecule has 0 spiro atoms. The average Bonchev–Trinajstić information content (AvgIpc) is 2.92. The van der Waals surface area contributed by atoms with Crippen LogP contribution in [0, 0.1) is 0 Å². The Morgan fingerprint density at radius 1 is 1.50 bits per heavy atom. The van der Waals surface area contributed by atoms with E-state index in [4.69, 9.17) is 4.74 Å². The zero-order valence-electron chi connectivity index (χ0n) is 13.9. The molecule has 2 atom stereocenters. The topological polar surface area (TPSA) is 67.4 Å². The van der Waals surface area contributed by atoms with E-state index in [9.17, 15) is 4.79 Å². The first kappa shape index (κ1) is 16.7. The van der Waals surface area contributed by atoms with Gasteiger partial charge in [-0.15, -0.1) is 0 Å². The number of carbonyl (C=O) groups is 1. The summed E-state index contributed by atoms with van der Waals surface area (Å²) in [5.74, 6) is 0. The molecule has 2 heterocycles. The Labute approximate surface area is 132 Å². The van der Waals surface area contributed by atoms with E-state index in [1.54, 1.807) is 18.6 Å². The minimum atomic E-state index is -0.454. The highest BCUT2D eigenvalue weighted by Gasteiger charge is 2.32. The Hall–Kier alpha value is -1.69. The van der Waals surface area contributed by atoms with Crippen LogP contribution in [0.25, 0.3) is 0 Å². The van der Waals surface area contributed by atoms with Crippen molar-refractivity contribution in [3.05, 3.63) is 24.3 Å². The van der Waals surface area contributed by atoms with Gasteiger partial charge < -0.3 is 15.0 Å². The number of nitrogens with one attached hydrogen (secondary N) is 1. The molecule has 0 radical (unpaired) electrons. The van der Waals surface area contributed by atoms with Crippen molar-refractivity contribution in [3.8, 4) is 0 Å². The van der Waals surface area contributed by atoms with E-state index in [1.807, 2.05) is 25.7 Å². The predicted octanol–water partition coefficient (Wildman–Crippen LogP) is 2.53. The lowest BCUT2D eigenvalue weighted by molar-refractivity contribution is 0.0225. The molecule has 1 amide bonds. The van der Waals surface area contributed by atoms with Crippen LogP contribution in [0.1, 0.15) is 52.3 Å². The number of aromatic nitrogens is 2. The maximum Gasteiger partial charge on any atom is 0.410 e. The van der Waals surface area contributed by atoms with Gasteiger partial charge in [0, 0.05) is 43.8 Å². The van der Waals surface area contributed by atoms with Crippen molar-refractivity contribution in [2.75, 3.05) is 13.1 Å². The molecule has 1 aromatic heterocycles. The van der Waals surface area contributed by atoms with Crippen molar-refractivity contribution >= 4 is 6.09 Å². The molecule has 1 aliphatic heterocycles. The number of ether oxygens (including phenoxy) is 1. The number of carbonyl (C=O) groups excluding carboxylic acids is 1. The van der Waals surface area contributed by atoms with Gasteiger partial charge in [0.25, 0.3) is 0 Å². The fraction of sp³-hybridized carbons (Fsp3) is 0.688. The van der Waals surface area contributed by atoms with E-state index in [0.29, 0.717) is 0 Å². The molecule has 0 saturated carbocycles. The van der Waals surface area contributed by atoms with Crippen LogP contribution in [0.15, 0.2) is 18.6 Å². The van der Waals surface area contributed by atoms with Crippen molar-refractivity contribution in [1.82, 2.24) is 20.2 Å². The van der Waals surface area contributed by atoms with Crippen molar-refractivity contribution in [1.29, 1.82) is 0 Å². The summed E-state index contributed by atoms with van der Waals surface area (Å²) in [5.41, 5.74) is 0.453.